The number of aromatic amines is 1. The fourth-order valence-electron chi connectivity index (χ4n) is 2.05. The number of H-pyrrole nitrogens is 1. The molecule has 0 bridgehead atoms. The number of aromatic nitrogens is 1. The van der Waals surface area contributed by atoms with Crippen LogP contribution >= 0.6 is 0 Å². The van der Waals surface area contributed by atoms with Gasteiger partial charge in [-0.25, -0.2) is 12.8 Å². The molecule has 0 amide bonds. The second kappa shape index (κ2) is 5.14. The maximum atomic E-state index is 13.5. The number of hydrogen-bond donors (Lipinski definition) is 1. The minimum Gasteiger partial charge on any atom is -0.325 e. The van der Waals surface area contributed by atoms with Gasteiger partial charge in [-0.15, -0.1) is 0 Å². The van der Waals surface area contributed by atoms with Gasteiger partial charge in [0.05, 0.1) is 4.90 Å². The molecule has 1 aromatic heterocycles. The molecule has 108 valence electrons. The van der Waals surface area contributed by atoms with Crippen LogP contribution in [0.2, 0.25) is 0 Å². The summed E-state index contributed by atoms with van der Waals surface area (Å²) < 4.78 is 37.1. The predicted molar refractivity (Wildman–Crippen MR) is 75.0 cm³/mol. The van der Waals surface area contributed by atoms with E-state index in [0.717, 1.165) is 24.5 Å². The zero-order valence-electron chi connectivity index (χ0n) is 11.3. The number of nitrogens with one attached hydrogen (secondary N) is 1. The topological polar surface area (TPSA) is 90.8 Å². The van der Waals surface area contributed by atoms with E-state index < -0.39 is 21.2 Å². The Hall–Kier alpha value is -2.46. The van der Waals surface area contributed by atoms with Crippen molar-refractivity contribution in [1.82, 2.24) is 4.98 Å². The standard InChI is InChI=1S/C14H11FN2O3S/c1-8-5-10(12(7-16)14(18)17-8)11-6-9(15)3-4-13(11)21(2,19)20/h3-6H,1-2H3,(H,17,18). The maximum absolute atomic E-state index is 13.5. The molecule has 0 aliphatic carbocycles. The molecule has 7 heteroatoms. The zero-order valence-corrected chi connectivity index (χ0v) is 12.1. The molecule has 1 N–H and O–H groups in total. The Morgan fingerprint density at radius 1 is 1.24 bits per heavy atom. The summed E-state index contributed by atoms with van der Waals surface area (Å²) in [5.74, 6) is -0.653. The summed E-state index contributed by atoms with van der Waals surface area (Å²) in [5, 5.41) is 9.10. The van der Waals surface area contributed by atoms with Crippen molar-refractivity contribution in [2.24, 2.45) is 0 Å². The Morgan fingerprint density at radius 3 is 2.48 bits per heavy atom. The Bertz CT molecular complexity index is 924. The molecule has 0 saturated carbocycles. The van der Waals surface area contributed by atoms with E-state index in [0.29, 0.717) is 5.69 Å². The SMILES string of the molecule is Cc1cc(-c2cc(F)ccc2S(C)(=O)=O)c(C#N)c(=O)[nH]1. The minimum absolute atomic E-state index is 0.00301. The monoisotopic (exact) mass is 306 g/mol. The van der Waals surface area contributed by atoms with Crippen LogP contribution in [0.15, 0.2) is 34.0 Å². The highest BCUT2D eigenvalue weighted by Gasteiger charge is 2.19. The molecule has 0 saturated heterocycles. The van der Waals surface area contributed by atoms with Crippen molar-refractivity contribution in [1.29, 1.82) is 5.26 Å². The molecule has 0 fully saturated rings. The number of halogens is 1. The van der Waals surface area contributed by atoms with Gasteiger partial charge in [-0.05, 0) is 31.2 Å². The van der Waals surface area contributed by atoms with Gasteiger partial charge in [0.15, 0.2) is 9.84 Å². The Labute approximate surface area is 120 Å². The van der Waals surface area contributed by atoms with Gasteiger partial charge in [-0.3, -0.25) is 4.79 Å². The molecule has 0 aliphatic rings. The van der Waals surface area contributed by atoms with E-state index in [4.69, 9.17) is 5.26 Å². The second-order valence-electron chi connectivity index (χ2n) is 4.59. The van der Waals surface area contributed by atoms with Gasteiger partial charge in [0.1, 0.15) is 17.4 Å². The van der Waals surface area contributed by atoms with E-state index in [9.17, 15) is 17.6 Å². The average molecular weight is 306 g/mol. The Kier molecular flexibility index (Phi) is 3.66. The normalized spacial score (nSPS) is 11.1. The first-order valence-corrected chi connectivity index (χ1v) is 7.77. The van der Waals surface area contributed by atoms with Crippen LogP contribution in [0.5, 0.6) is 0 Å². The smallest absolute Gasteiger partial charge is 0.266 e. The number of nitriles is 1. The van der Waals surface area contributed by atoms with Crippen LogP contribution in [0.25, 0.3) is 11.1 Å². The van der Waals surface area contributed by atoms with Crippen LogP contribution in [0.3, 0.4) is 0 Å². The molecule has 0 radical (unpaired) electrons. The summed E-state index contributed by atoms with van der Waals surface area (Å²) in [6.07, 6.45) is 0.982. The van der Waals surface area contributed by atoms with Crippen molar-refractivity contribution in [2.45, 2.75) is 11.8 Å². The first-order chi connectivity index (χ1) is 9.74. The van der Waals surface area contributed by atoms with E-state index >= 15 is 0 Å². The first-order valence-electron chi connectivity index (χ1n) is 5.88. The number of pyridine rings is 1. The largest absolute Gasteiger partial charge is 0.325 e. The molecule has 1 aromatic carbocycles. The van der Waals surface area contributed by atoms with Gasteiger partial charge in [-0.1, -0.05) is 0 Å². The van der Waals surface area contributed by atoms with Gasteiger partial charge < -0.3 is 4.98 Å². The van der Waals surface area contributed by atoms with E-state index in [2.05, 4.69) is 4.98 Å². The van der Waals surface area contributed by atoms with E-state index in [1.54, 1.807) is 13.0 Å². The Morgan fingerprint density at radius 2 is 1.90 bits per heavy atom. The third-order valence-electron chi connectivity index (χ3n) is 2.91. The summed E-state index contributed by atoms with van der Waals surface area (Å²) in [5.41, 5.74) is -0.355. The highest BCUT2D eigenvalue weighted by molar-refractivity contribution is 7.90. The van der Waals surface area contributed by atoms with Gasteiger partial charge in [-0.2, -0.15) is 5.26 Å². The number of aryl methyl sites for hydroxylation is 1. The highest BCUT2D eigenvalue weighted by atomic mass is 32.2. The lowest BCUT2D eigenvalue weighted by Gasteiger charge is -2.10. The van der Waals surface area contributed by atoms with Gasteiger partial charge in [0, 0.05) is 23.1 Å². The predicted octanol–water partition coefficient (Wildman–Crippen LogP) is 1.76. The third-order valence-corrected chi connectivity index (χ3v) is 4.07. The lowest BCUT2D eigenvalue weighted by molar-refractivity contribution is 0.601. The van der Waals surface area contributed by atoms with Crippen molar-refractivity contribution in [2.75, 3.05) is 6.26 Å². The lowest BCUT2D eigenvalue weighted by atomic mass is 10.0. The third kappa shape index (κ3) is 2.85. The molecular formula is C14H11FN2O3S. The summed E-state index contributed by atoms with van der Waals surface area (Å²) in [4.78, 5) is 14.1. The fraction of sp³-hybridized carbons (Fsp3) is 0.143. The van der Waals surface area contributed by atoms with Crippen LogP contribution in [-0.4, -0.2) is 19.7 Å². The summed E-state index contributed by atoms with van der Waals surface area (Å²) in [6, 6.07) is 6.32. The number of sulfone groups is 1. The summed E-state index contributed by atoms with van der Waals surface area (Å²) >= 11 is 0. The van der Waals surface area contributed by atoms with Crippen molar-refractivity contribution < 1.29 is 12.8 Å². The van der Waals surface area contributed by atoms with Crippen molar-refractivity contribution in [3.8, 4) is 17.2 Å². The molecular weight excluding hydrogens is 295 g/mol. The van der Waals surface area contributed by atoms with Crippen LogP contribution in [0.1, 0.15) is 11.3 Å². The number of benzene rings is 1. The molecule has 0 aliphatic heterocycles. The second-order valence-corrected chi connectivity index (χ2v) is 6.58. The first kappa shape index (κ1) is 14.9. The molecule has 2 aromatic rings. The molecule has 0 atom stereocenters. The number of hydrogen-bond acceptors (Lipinski definition) is 4. The van der Waals surface area contributed by atoms with Gasteiger partial charge >= 0.3 is 0 Å². The number of rotatable bonds is 2. The van der Waals surface area contributed by atoms with Gasteiger partial charge in [0.2, 0.25) is 0 Å². The van der Waals surface area contributed by atoms with Crippen LogP contribution in [0.4, 0.5) is 4.39 Å². The number of nitrogens with zero attached hydrogens (tertiary/aromatic N) is 1. The molecule has 0 spiro atoms. The maximum Gasteiger partial charge on any atom is 0.266 e. The molecule has 1 heterocycles. The highest BCUT2D eigenvalue weighted by Crippen LogP contribution is 2.29. The molecule has 21 heavy (non-hydrogen) atoms. The minimum atomic E-state index is -3.64. The van der Waals surface area contributed by atoms with Crippen LogP contribution < -0.4 is 5.56 Å². The molecule has 2 rings (SSSR count). The summed E-state index contributed by atoms with van der Waals surface area (Å²) in [6.45, 7) is 1.59. The van der Waals surface area contributed by atoms with E-state index in [-0.39, 0.29) is 21.6 Å². The Balaban J connectivity index is 2.95. The van der Waals surface area contributed by atoms with E-state index in [1.807, 2.05) is 0 Å². The van der Waals surface area contributed by atoms with E-state index in [1.165, 1.54) is 6.07 Å². The lowest BCUT2D eigenvalue weighted by Crippen LogP contribution is -2.13. The molecule has 0 unspecified atom stereocenters. The summed E-state index contributed by atoms with van der Waals surface area (Å²) in [7, 11) is -3.64. The quantitative estimate of drug-likeness (QED) is 0.856. The van der Waals surface area contributed by atoms with Crippen molar-refractivity contribution in [3.05, 3.63) is 51.7 Å². The molecule has 5 nitrogen and oxygen atoms in total. The van der Waals surface area contributed by atoms with Crippen molar-refractivity contribution >= 4 is 9.84 Å². The van der Waals surface area contributed by atoms with Crippen LogP contribution in [-0.2, 0) is 9.84 Å². The fourth-order valence-corrected chi connectivity index (χ4v) is 2.93. The van der Waals surface area contributed by atoms with Crippen LogP contribution in [0, 0.1) is 24.1 Å². The van der Waals surface area contributed by atoms with Gasteiger partial charge in [0.25, 0.3) is 5.56 Å². The zero-order chi connectivity index (χ0) is 15.8. The average Bonchev–Trinajstić information content (AvgIpc) is 2.36. The van der Waals surface area contributed by atoms with Crippen molar-refractivity contribution in [3.63, 3.8) is 0 Å².